The molecule has 0 saturated heterocycles. The van der Waals surface area contributed by atoms with Crippen LogP contribution in [0, 0.1) is 0 Å². The normalized spacial score (nSPS) is 15.3. The highest BCUT2D eigenvalue weighted by Gasteiger charge is 2.16. The van der Waals surface area contributed by atoms with Gasteiger partial charge in [-0.3, -0.25) is 0 Å². The van der Waals surface area contributed by atoms with Crippen LogP contribution in [0.1, 0.15) is 11.4 Å². The molecule has 2 aromatic heterocycles. The van der Waals surface area contributed by atoms with E-state index >= 15 is 0 Å². The lowest BCUT2D eigenvalue weighted by molar-refractivity contribution is 0.552. The molecule has 15 heavy (non-hydrogen) atoms. The molecule has 1 aliphatic rings. The number of aromatic amines is 1. The molecule has 0 atom stereocenters. The van der Waals surface area contributed by atoms with Crippen molar-refractivity contribution in [2.45, 2.75) is 13.0 Å². The second kappa shape index (κ2) is 3.50. The molecule has 2 N–H and O–H groups in total. The first-order valence-electron chi connectivity index (χ1n) is 4.87. The minimum absolute atomic E-state index is 0.727. The molecular weight excluding hydrogens is 258 g/mol. The van der Waals surface area contributed by atoms with Gasteiger partial charge in [0.05, 0.1) is 11.4 Å². The van der Waals surface area contributed by atoms with Crippen LogP contribution in [0.15, 0.2) is 21.2 Å². The van der Waals surface area contributed by atoms with Crippen LogP contribution in [0.2, 0.25) is 0 Å². The van der Waals surface area contributed by atoms with Crippen molar-refractivity contribution in [3.8, 4) is 11.6 Å². The predicted molar refractivity (Wildman–Crippen MR) is 59.4 cm³/mol. The molecule has 0 fully saturated rings. The largest absolute Gasteiger partial charge is 0.446 e. The average molecular weight is 268 g/mol. The molecule has 0 radical (unpaired) electrons. The standard InChI is InChI=1S/C10H10BrN3O/c11-9-2-1-8(15-9)10-13-6-3-4-12-5-7(6)14-10/h1-2,12H,3-5H2,(H,13,14). The molecule has 0 bridgehead atoms. The topological polar surface area (TPSA) is 53.9 Å². The molecule has 5 heteroatoms. The molecule has 2 aromatic rings. The van der Waals surface area contributed by atoms with Crippen LogP contribution in [0.5, 0.6) is 0 Å². The van der Waals surface area contributed by atoms with Gasteiger partial charge in [0.25, 0.3) is 0 Å². The maximum Gasteiger partial charge on any atom is 0.174 e. The van der Waals surface area contributed by atoms with Gasteiger partial charge in [0, 0.05) is 19.5 Å². The van der Waals surface area contributed by atoms with E-state index in [9.17, 15) is 0 Å². The van der Waals surface area contributed by atoms with E-state index < -0.39 is 0 Å². The molecule has 78 valence electrons. The van der Waals surface area contributed by atoms with Crippen LogP contribution in [0.4, 0.5) is 0 Å². The van der Waals surface area contributed by atoms with E-state index in [1.807, 2.05) is 12.1 Å². The van der Waals surface area contributed by atoms with E-state index in [1.54, 1.807) is 0 Å². The van der Waals surface area contributed by atoms with Gasteiger partial charge >= 0.3 is 0 Å². The van der Waals surface area contributed by atoms with Crippen molar-refractivity contribution in [2.24, 2.45) is 0 Å². The monoisotopic (exact) mass is 267 g/mol. The second-order valence-corrected chi connectivity index (χ2v) is 4.32. The fourth-order valence-electron chi connectivity index (χ4n) is 1.78. The van der Waals surface area contributed by atoms with E-state index in [0.717, 1.165) is 41.5 Å². The Morgan fingerprint density at radius 2 is 2.33 bits per heavy atom. The predicted octanol–water partition coefficient (Wildman–Crippen LogP) is 2.08. The van der Waals surface area contributed by atoms with Crippen LogP contribution in [0.25, 0.3) is 11.6 Å². The van der Waals surface area contributed by atoms with Crippen LogP contribution in [-0.4, -0.2) is 16.5 Å². The Kier molecular flexibility index (Phi) is 2.14. The third kappa shape index (κ3) is 1.61. The van der Waals surface area contributed by atoms with Gasteiger partial charge < -0.3 is 14.7 Å². The minimum atomic E-state index is 0.727. The van der Waals surface area contributed by atoms with Gasteiger partial charge in [0.15, 0.2) is 16.3 Å². The van der Waals surface area contributed by atoms with Crippen molar-refractivity contribution in [3.05, 3.63) is 28.2 Å². The summed E-state index contributed by atoms with van der Waals surface area (Å²) >= 11 is 3.28. The Morgan fingerprint density at radius 3 is 3.07 bits per heavy atom. The first kappa shape index (κ1) is 9.18. The lowest BCUT2D eigenvalue weighted by Crippen LogP contribution is -2.23. The van der Waals surface area contributed by atoms with Crippen molar-refractivity contribution >= 4 is 15.9 Å². The van der Waals surface area contributed by atoms with E-state index in [0.29, 0.717) is 0 Å². The first-order chi connectivity index (χ1) is 7.33. The Bertz CT molecular complexity index is 465. The molecule has 3 rings (SSSR count). The fourth-order valence-corrected chi connectivity index (χ4v) is 2.08. The molecule has 0 aromatic carbocycles. The number of aromatic nitrogens is 2. The number of H-pyrrole nitrogens is 1. The van der Waals surface area contributed by atoms with Crippen molar-refractivity contribution in [1.82, 2.24) is 15.3 Å². The van der Waals surface area contributed by atoms with Crippen molar-refractivity contribution in [1.29, 1.82) is 0 Å². The smallest absolute Gasteiger partial charge is 0.174 e. The lowest BCUT2D eigenvalue weighted by atomic mass is 10.2. The highest BCUT2D eigenvalue weighted by atomic mass is 79.9. The molecule has 3 heterocycles. The Morgan fingerprint density at radius 1 is 1.40 bits per heavy atom. The van der Waals surface area contributed by atoms with Gasteiger partial charge in [-0.15, -0.1) is 0 Å². The van der Waals surface area contributed by atoms with E-state index in [-0.39, 0.29) is 0 Å². The minimum Gasteiger partial charge on any atom is -0.446 e. The molecule has 0 saturated carbocycles. The fraction of sp³-hybridized carbons (Fsp3) is 0.300. The van der Waals surface area contributed by atoms with Gasteiger partial charge in [0.1, 0.15) is 0 Å². The number of nitrogens with one attached hydrogen (secondary N) is 2. The second-order valence-electron chi connectivity index (χ2n) is 3.54. The Labute approximate surface area is 95.2 Å². The maximum atomic E-state index is 5.45. The Balaban J connectivity index is 2.02. The number of hydrogen-bond donors (Lipinski definition) is 2. The SMILES string of the molecule is Brc1ccc(-c2nc3c([nH]2)CNCC3)o1. The lowest BCUT2D eigenvalue weighted by Gasteiger charge is -2.09. The number of imidazole rings is 1. The van der Waals surface area contributed by atoms with Crippen molar-refractivity contribution in [2.75, 3.05) is 6.54 Å². The van der Waals surface area contributed by atoms with Gasteiger partial charge in [-0.05, 0) is 28.1 Å². The summed E-state index contributed by atoms with van der Waals surface area (Å²) in [5.74, 6) is 1.59. The quantitative estimate of drug-likeness (QED) is 0.832. The highest BCUT2D eigenvalue weighted by molar-refractivity contribution is 9.10. The summed E-state index contributed by atoms with van der Waals surface area (Å²) < 4.78 is 6.18. The molecule has 1 aliphatic heterocycles. The summed E-state index contributed by atoms with van der Waals surface area (Å²) in [5.41, 5.74) is 2.32. The molecule has 0 aliphatic carbocycles. The van der Waals surface area contributed by atoms with Gasteiger partial charge in [-0.25, -0.2) is 4.98 Å². The third-order valence-electron chi connectivity index (χ3n) is 2.51. The van der Waals surface area contributed by atoms with Gasteiger partial charge in [-0.1, -0.05) is 0 Å². The molecule has 0 spiro atoms. The van der Waals surface area contributed by atoms with Gasteiger partial charge in [0.2, 0.25) is 0 Å². The summed E-state index contributed by atoms with van der Waals surface area (Å²) in [6.07, 6.45) is 0.980. The number of rotatable bonds is 1. The van der Waals surface area contributed by atoms with Crippen LogP contribution >= 0.6 is 15.9 Å². The first-order valence-corrected chi connectivity index (χ1v) is 5.66. The summed E-state index contributed by atoms with van der Waals surface area (Å²) in [6.45, 7) is 1.86. The van der Waals surface area contributed by atoms with Crippen LogP contribution < -0.4 is 5.32 Å². The summed E-state index contributed by atoms with van der Waals surface area (Å²) in [7, 11) is 0. The zero-order valence-corrected chi connectivity index (χ0v) is 9.60. The number of furan rings is 1. The molecule has 0 unspecified atom stereocenters. The number of hydrogen-bond acceptors (Lipinski definition) is 3. The number of halogens is 1. The highest BCUT2D eigenvalue weighted by Crippen LogP contribution is 2.24. The van der Waals surface area contributed by atoms with Crippen molar-refractivity contribution < 1.29 is 4.42 Å². The van der Waals surface area contributed by atoms with Crippen molar-refractivity contribution in [3.63, 3.8) is 0 Å². The van der Waals surface area contributed by atoms with E-state index in [4.69, 9.17) is 4.42 Å². The van der Waals surface area contributed by atoms with E-state index in [1.165, 1.54) is 5.69 Å². The summed E-state index contributed by atoms with van der Waals surface area (Å²) in [6, 6.07) is 3.77. The average Bonchev–Trinajstić information content (AvgIpc) is 2.82. The maximum absolute atomic E-state index is 5.45. The molecular formula is C10H10BrN3O. The van der Waals surface area contributed by atoms with Crippen LogP contribution in [-0.2, 0) is 13.0 Å². The summed E-state index contributed by atoms with van der Waals surface area (Å²) in [5, 5.41) is 3.30. The molecule has 0 amide bonds. The Hall–Kier alpha value is -1.07. The third-order valence-corrected chi connectivity index (χ3v) is 2.94. The van der Waals surface area contributed by atoms with Gasteiger partial charge in [-0.2, -0.15) is 0 Å². The number of fused-ring (bicyclic) bond motifs is 1. The molecule has 4 nitrogen and oxygen atoms in total. The van der Waals surface area contributed by atoms with Crippen LogP contribution in [0.3, 0.4) is 0 Å². The summed E-state index contributed by atoms with van der Waals surface area (Å²) in [4.78, 5) is 7.80. The van der Waals surface area contributed by atoms with E-state index in [2.05, 4.69) is 31.2 Å². The zero-order valence-electron chi connectivity index (χ0n) is 8.01. The zero-order chi connectivity index (χ0) is 10.3. The number of nitrogens with zero attached hydrogens (tertiary/aromatic N) is 1.